The van der Waals surface area contributed by atoms with E-state index in [0.717, 1.165) is 102 Å². The second-order valence-electron chi connectivity index (χ2n) is 14.5. The summed E-state index contributed by atoms with van der Waals surface area (Å²) in [6.45, 7) is 4.45. The molecule has 14 nitrogen and oxygen atoms in total. The summed E-state index contributed by atoms with van der Waals surface area (Å²) in [5, 5.41) is 31.1. The third kappa shape index (κ3) is 6.56. The van der Waals surface area contributed by atoms with Gasteiger partial charge in [0.25, 0.3) is 5.91 Å². The van der Waals surface area contributed by atoms with Crippen LogP contribution >= 0.6 is 0 Å². The third-order valence-corrected chi connectivity index (χ3v) is 11.3. The maximum atomic E-state index is 13.4. The van der Waals surface area contributed by atoms with Crippen LogP contribution in [0.2, 0.25) is 0 Å². The summed E-state index contributed by atoms with van der Waals surface area (Å²) in [6, 6.07) is 22.7. The number of piperazine rings is 1. The van der Waals surface area contributed by atoms with E-state index in [9.17, 15) is 24.7 Å². The number of fused-ring (bicyclic) bond motifs is 2. The van der Waals surface area contributed by atoms with Crippen molar-refractivity contribution in [3.8, 4) is 33.8 Å². The molecular formula is C42H40N8O6. The monoisotopic (exact) mass is 752 g/mol. The lowest BCUT2D eigenvalue weighted by Gasteiger charge is -2.36. The number of ether oxygens (including phenoxy) is 1. The Kier molecular flexibility index (Phi) is 9.27. The van der Waals surface area contributed by atoms with E-state index in [1.54, 1.807) is 24.5 Å². The Balaban J connectivity index is 0.808. The molecule has 56 heavy (non-hydrogen) atoms. The predicted molar refractivity (Wildman–Crippen MR) is 207 cm³/mol. The molecule has 0 radical (unpaired) electrons. The summed E-state index contributed by atoms with van der Waals surface area (Å²) in [5.41, 5.74) is 9.37. The van der Waals surface area contributed by atoms with Crippen molar-refractivity contribution in [3.63, 3.8) is 0 Å². The van der Waals surface area contributed by atoms with Gasteiger partial charge in [0.2, 0.25) is 11.8 Å². The highest BCUT2D eigenvalue weighted by Crippen LogP contribution is 2.38. The van der Waals surface area contributed by atoms with Gasteiger partial charge in [0, 0.05) is 91.2 Å². The Hall–Kier alpha value is -6.38. The molecule has 2 saturated heterocycles. The van der Waals surface area contributed by atoms with Gasteiger partial charge in [0.15, 0.2) is 6.23 Å². The number of aliphatic hydroxyl groups is 1. The van der Waals surface area contributed by atoms with E-state index in [-0.39, 0.29) is 18.7 Å². The van der Waals surface area contributed by atoms with Gasteiger partial charge >= 0.3 is 0 Å². The van der Waals surface area contributed by atoms with Crippen molar-refractivity contribution >= 4 is 29.1 Å². The number of hydrogen-bond donors (Lipinski definition) is 3. The zero-order valence-electron chi connectivity index (χ0n) is 30.5. The molecule has 0 saturated carbocycles. The van der Waals surface area contributed by atoms with Crippen LogP contribution in [-0.4, -0.2) is 104 Å². The summed E-state index contributed by atoms with van der Waals surface area (Å²) in [6.07, 6.45) is 6.22. The topological polar surface area (TPSA) is 166 Å². The highest BCUT2D eigenvalue weighted by Gasteiger charge is 2.44. The number of carbonyl (C=O) groups is 3. The van der Waals surface area contributed by atoms with E-state index >= 15 is 0 Å². The average molecular weight is 753 g/mol. The summed E-state index contributed by atoms with van der Waals surface area (Å²) < 4.78 is 8.04. The first kappa shape index (κ1) is 35.3. The highest BCUT2D eigenvalue weighted by molar-refractivity contribution is 6.06. The van der Waals surface area contributed by atoms with Gasteiger partial charge in [0.05, 0.1) is 11.4 Å². The first-order chi connectivity index (χ1) is 27.3. The minimum Gasteiger partial charge on any atom is -0.492 e. The largest absolute Gasteiger partial charge is 0.492 e. The number of piperidine rings is 1. The van der Waals surface area contributed by atoms with E-state index in [0.29, 0.717) is 17.7 Å². The van der Waals surface area contributed by atoms with Gasteiger partial charge in [-0.3, -0.25) is 34.5 Å². The van der Waals surface area contributed by atoms with Gasteiger partial charge in [-0.1, -0.05) is 29.4 Å². The van der Waals surface area contributed by atoms with Gasteiger partial charge in [-0.2, -0.15) is 5.10 Å². The SMILES string of the molecule is O=C1CCC(N2C(=O)c3cc(N4CCN(CCOc5ccc(-n6cc(-c7ccc8c(c7)CC/C8=N\O)c(-c7ccncc7)n6)cc5)CC4)ccc3C2O)C(=O)N1. The number of nitrogens with one attached hydrogen (secondary N) is 1. The predicted octanol–water partition coefficient (Wildman–Crippen LogP) is 4.18. The maximum Gasteiger partial charge on any atom is 0.257 e. The molecule has 3 aliphatic heterocycles. The van der Waals surface area contributed by atoms with Crippen LogP contribution in [0, 0.1) is 0 Å². The quantitative estimate of drug-likeness (QED) is 0.113. The normalized spacial score (nSPS) is 20.4. The molecule has 5 heterocycles. The molecular weight excluding hydrogens is 713 g/mol. The van der Waals surface area contributed by atoms with Gasteiger partial charge < -0.3 is 20.0 Å². The lowest BCUT2D eigenvalue weighted by Crippen LogP contribution is -2.53. The molecule has 1 aliphatic carbocycles. The van der Waals surface area contributed by atoms with Gasteiger partial charge in [-0.05, 0) is 78.9 Å². The number of amides is 3. The van der Waals surface area contributed by atoms with Crippen LogP contribution in [0.1, 0.15) is 52.5 Å². The Labute approximate surface area is 322 Å². The van der Waals surface area contributed by atoms with Crippen molar-refractivity contribution in [2.75, 3.05) is 44.2 Å². The first-order valence-corrected chi connectivity index (χ1v) is 18.9. The highest BCUT2D eigenvalue weighted by atomic mass is 16.5. The fourth-order valence-electron chi connectivity index (χ4n) is 8.21. The number of oxime groups is 1. The number of aliphatic hydroxyl groups excluding tert-OH is 1. The minimum absolute atomic E-state index is 0.126. The van der Waals surface area contributed by atoms with Crippen LogP contribution in [0.25, 0.3) is 28.1 Å². The Morgan fingerprint density at radius 3 is 2.38 bits per heavy atom. The molecule has 5 aromatic rings. The standard InChI is InChI=1S/C42H40N8O6/c51-38-12-11-37(40(52)44-38)50-41(53)33-9-5-30(24-34(33)42(50)54)48-19-17-47(18-20-48)21-22-56-31-6-3-29(4-7-31)49-25-35(39(45-49)26-13-15-43-16-14-26)28-1-8-32-27(23-28)2-10-36(32)46-55/h1,3-9,13-16,23-25,37,41,53,55H,2,10-12,17-22H2,(H,44,51,52)/b46-36+. The molecule has 9 rings (SSSR count). The number of imide groups is 1. The molecule has 0 bridgehead atoms. The Bertz CT molecular complexity index is 2350. The second-order valence-corrected chi connectivity index (χ2v) is 14.5. The number of aryl methyl sites for hydroxylation is 1. The fraction of sp³-hybridized carbons (Fsp3) is 0.286. The van der Waals surface area contributed by atoms with Crippen molar-refractivity contribution in [2.24, 2.45) is 5.16 Å². The van der Waals surface area contributed by atoms with E-state index in [2.05, 4.69) is 37.4 Å². The van der Waals surface area contributed by atoms with E-state index in [4.69, 9.17) is 9.84 Å². The number of rotatable bonds is 9. The van der Waals surface area contributed by atoms with Crippen LogP contribution in [-0.2, 0) is 16.0 Å². The zero-order chi connectivity index (χ0) is 38.3. The van der Waals surface area contributed by atoms with Crippen LogP contribution in [0.5, 0.6) is 5.75 Å². The molecule has 14 heteroatoms. The number of anilines is 1. The number of aromatic nitrogens is 3. The molecule has 2 fully saturated rings. The first-order valence-electron chi connectivity index (χ1n) is 18.9. The smallest absolute Gasteiger partial charge is 0.257 e. The van der Waals surface area contributed by atoms with Gasteiger partial charge in [-0.15, -0.1) is 0 Å². The number of carbonyl (C=O) groups excluding carboxylic acids is 3. The van der Waals surface area contributed by atoms with E-state index < -0.39 is 24.1 Å². The lowest BCUT2D eigenvalue weighted by atomic mass is 9.98. The molecule has 3 N–H and O–H groups in total. The number of pyridine rings is 1. The minimum atomic E-state index is -1.23. The molecule has 284 valence electrons. The second kappa shape index (κ2) is 14.7. The van der Waals surface area contributed by atoms with Crippen LogP contribution < -0.4 is 15.0 Å². The van der Waals surface area contributed by atoms with Gasteiger partial charge in [-0.25, -0.2) is 4.68 Å². The third-order valence-electron chi connectivity index (χ3n) is 11.3. The lowest BCUT2D eigenvalue weighted by molar-refractivity contribution is -0.139. The molecule has 4 aliphatic rings. The van der Waals surface area contributed by atoms with Crippen molar-refractivity contribution in [1.82, 2.24) is 29.9 Å². The molecule has 3 aromatic carbocycles. The maximum absolute atomic E-state index is 13.4. The molecule has 3 amide bonds. The summed E-state index contributed by atoms with van der Waals surface area (Å²) in [5.74, 6) is -0.556. The van der Waals surface area contributed by atoms with E-state index in [1.165, 1.54) is 4.90 Å². The number of hydrogen-bond acceptors (Lipinski definition) is 11. The zero-order valence-corrected chi connectivity index (χ0v) is 30.5. The number of benzene rings is 3. The number of nitrogens with zero attached hydrogens (tertiary/aromatic N) is 7. The Morgan fingerprint density at radius 1 is 0.821 bits per heavy atom. The van der Waals surface area contributed by atoms with Crippen LogP contribution in [0.15, 0.2) is 96.5 Å². The van der Waals surface area contributed by atoms with Crippen molar-refractivity contribution in [1.29, 1.82) is 0 Å². The van der Waals surface area contributed by atoms with E-state index in [1.807, 2.05) is 59.4 Å². The average Bonchev–Trinajstić information content (AvgIpc) is 3.93. The molecule has 0 spiro atoms. The summed E-state index contributed by atoms with van der Waals surface area (Å²) in [4.78, 5) is 47.4. The summed E-state index contributed by atoms with van der Waals surface area (Å²) >= 11 is 0. The van der Waals surface area contributed by atoms with Crippen molar-refractivity contribution < 1.29 is 29.4 Å². The van der Waals surface area contributed by atoms with Crippen molar-refractivity contribution in [3.05, 3.63) is 114 Å². The fourth-order valence-corrected chi connectivity index (χ4v) is 8.21. The molecule has 2 unspecified atom stereocenters. The van der Waals surface area contributed by atoms with Gasteiger partial charge in [0.1, 0.15) is 24.1 Å². The Morgan fingerprint density at radius 2 is 1.61 bits per heavy atom. The van der Waals surface area contributed by atoms with Crippen LogP contribution in [0.3, 0.4) is 0 Å². The van der Waals surface area contributed by atoms with Crippen LogP contribution in [0.4, 0.5) is 5.69 Å². The molecule has 2 atom stereocenters. The summed E-state index contributed by atoms with van der Waals surface area (Å²) in [7, 11) is 0. The van der Waals surface area contributed by atoms with Crippen molar-refractivity contribution in [2.45, 2.75) is 38.0 Å². The molecule has 2 aromatic heterocycles.